The molecule has 0 spiro atoms. The fourth-order valence-corrected chi connectivity index (χ4v) is 2.17. The second-order valence-corrected chi connectivity index (χ2v) is 5.05. The third-order valence-electron chi connectivity index (χ3n) is 2.73. The summed E-state index contributed by atoms with van der Waals surface area (Å²) in [5.41, 5.74) is 0. The molecule has 0 saturated carbocycles. The Morgan fingerprint density at radius 3 is 3.07 bits per heavy atom. The lowest BCUT2D eigenvalue weighted by atomic mass is 10.1. The fraction of sp³-hybridized carbons (Fsp3) is 0.727. The van der Waals surface area contributed by atoms with E-state index < -0.39 is 0 Å². The van der Waals surface area contributed by atoms with Crippen molar-refractivity contribution in [3.63, 3.8) is 0 Å². The summed E-state index contributed by atoms with van der Waals surface area (Å²) in [5.74, 6) is 0.0540. The summed E-state index contributed by atoms with van der Waals surface area (Å²) in [5, 5.41) is 3.96. The fourth-order valence-electron chi connectivity index (χ4n) is 1.84. The number of carbonyl (C=O) groups excluding carboxylic acids is 1. The van der Waals surface area contributed by atoms with E-state index in [9.17, 15) is 4.79 Å². The number of thioether (sulfide) groups is 1. The molecule has 1 amide bonds. The van der Waals surface area contributed by atoms with E-state index in [4.69, 9.17) is 0 Å². The molecule has 1 N–H and O–H groups in total. The second kappa shape index (κ2) is 6.18. The average molecular weight is 228 g/mol. The molecule has 0 aromatic carbocycles. The van der Waals surface area contributed by atoms with Gasteiger partial charge in [0, 0.05) is 19.1 Å². The van der Waals surface area contributed by atoms with Crippen molar-refractivity contribution in [2.45, 2.75) is 31.2 Å². The highest BCUT2D eigenvalue weighted by Crippen LogP contribution is 2.13. The van der Waals surface area contributed by atoms with Crippen LogP contribution in [0, 0.1) is 0 Å². The van der Waals surface area contributed by atoms with Crippen LogP contribution in [-0.4, -0.2) is 41.6 Å². The Bertz CT molecular complexity index is 233. The zero-order chi connectivity index (χ0) is 11.3. The van der Waals surface area contributed by atoms with E-state index in [1.54, 1.807) is 11.8 Å². The highest BCUT2D eigenvalue weighted by Gasteiger charge is 2.22. The number of carbonyl (C=O) groups is 1. The average Bonchev–Trinajstić information content (AvgIpc) is 2.28. The van der Waals surface area contributed by atoms with Crippen LogP contribution in [0.1, 0.15) is 19.8 Å². The Labute approximate surface area is 96.3 Å². The molecule has 1 rings (SSSR count). The topological polar surface area (TPSA) is 32.3 Å². The number of piperidine rings is 1. The Morgan fingerprint density at radius 1 is 1.73 bits per heavy atom. The Kier molecular flexibility index (Phi) is 5.19. The van der Waals surface area contributed by atoms with Crippen LogP contribution >= 0.6 is 11.8 Å². The van der Waals surface area contributed by atoms with Gasteiger partial charge in [0.2, 0.25) is 5.91 Å². The number of hydrogen-bond acceptors (Lipinski definition) is 3. The van der Waals surface area contributed by atoms with Crippen LogP contribution in [0.4, 0.5) is 0 Å². The molecule has 0 aliphatic carbocycles. The number of nitrogens with zero attached hydrogens (tertiary/aromatic N) is 1. The number of hydrogen-bond donors (Lipinski definition) is 1. The number of rotatable bonds is 4. The van der Waals surface area contributed by atoms with E-state index in [2.05, 4.69) is 25.1 Å². The van der Waals surface area contributed by atoms with E-state index >= 15 is 0 Å². The minimum atomic E-state index is 0.0540. The summed E-state index contributed by atoms with van der Waals surface area (Å²) in [7, 11) is 0. The van der Waals surface area contributed by atoms with E-state index in [1.165, 1.54) is 6.08 Å². The molecule has 3 nitrogen and oxygen atoms in total. The lowest BCUT2D eigenvalue weighted by molar-refractivity contribution is -0.127. The Hall–Kier alpha value is -0.480. The molecular weight excluding hydrogens is 208 g/mol. The molecule has 1 heterocycles. The smallest absolute Gasteiger partial charge is 0.246 e. The lowest BCUT2D eigenvalue weighted by Gasteiger charge is -2.33. The predicted molar refractivity (Wildman–Crippen MR) is 65.9 cm³/mol. The molecule has 2 atom stereocenters. The van der Waals surface area contributed by atoms with E-state index in [0.29, 0.717) is 11.4 Å². The van der Waals surface area contributed by atoms with Crippen molar-refractivity contribution >= 4 is 17.7 Å². The monoisotopic (exact) mass is 228 g/mol. The summed E-state index contributed by atoms with van der Waals surface area (Å²) < 4.78 is 0. The standard InChI is InChI=1S/C11H20N2OS/c1-4-11(14)13-7-5-6-10(8-13)12-9(2)15-3/h4,9-10,12H,1,5-8H2,2-3H3/t9?,10-/m1/s1. The van der Waals surface area contributed by atoms with E-state index in [0.717, 1.165) is 25.9 Å². The zero-order valence-electron chi connectivity index (χ0n) is 9.53. The molecule has 1 saturated heterocycles. The largest absolute Gasteiger partial charge is 0.338 e. The van der Waals surface area contributed by atoms with Gasteiger partial charge in [-0.15, -0.1) is 11.8 Å². The first kappa shape index (κ1) is 12.6. The predicted octanol–water partition coefficient (Wildman–Crippen LogP) is 1.46. The Morgan fingerprint density at radius 2 is 2.47 bits per heavy atom. The number of nitrogens with one attached hydrogen (secondary N) is 1. The van der Waals surface area contributed by atoms with Crippen LogP contribution < -0.4 is 5.32 Å². The molecule has 4 heteroatoms. The van der Waals surface area contributed by atoms with E-state index in [1.807, 2.05) is 4.90 Å². The van der Waals surface area contributed by atoms with Crippen LogP contribution in [0.15, 0.2) is 12.7 Å². The summed E-state index contributed by atoms with van der Waals surface area (Å²) in [6, 6.07) is 0.435. The quantitative estimate of drug-likeness (QED) is 0.584. The van der Waals surface area contributed by atoms with Gasteiger partial charge in [-0.1, -0.05) is 6.58 Å². The highest BCUT2D eigenvalue weighted by atomic mass is 32.2. The van der Waals surface area contributed by atoms with Gasteiger partial charge in [-0.05, 0) is 32.1 Å². The molecule has 1 unspecified atom stereocenters. The van der Waals surface area contributed by atoms with Crippen molar-refractivity contribution in [2.75, 3.05) is 19.3 Å². The molecule has 15 heavy (non-hydrogen) atoms. The summed E-state index contributed by atoms with van der Waals surface area (Å²) >= 11 is 1.80. The van der Waals surface area contributed by atoms with Crippen LogP contribution in [0.2, 0.25) is 0 Å². The molecule has 0 radical (unpaired) electrons. The molecule has 86 valence electrons. The first-order valence-electron chi connectivity index (χ1n) is 5.37. The molecule has 0 aromatic heterocycles. The van der Waals surface area contributed by atoms with Crippen LogP contribution in [0.3, 0.4) is 0 Å². The maximum atomic E-state index is 11.4. The van der Waals surface area contributed by atoms with Crippen LogP contribution in [-0.2, 0) is 4.79 Å². The van der Waals surface area contributed by atoms with Gasteiger partial charge in [-0.25, -0.2) is 0 Å². The maximum absolute atomic E-state index is 11.4. The van der Waals surface area contributed by atoms with Crippen molar-refractivity contribution in [1.82, 2.24) is 10.2 Å². The van der Waals surface area contributed by atoms with Crippen molar-refractivity contribution in [3.8, 4) is 0 Å². The molecule has 1 aliphatic rings. The molecule has 1 aliphatic heterocycles. The number of amides is 1. The second-order valence-electron chi connectivity index (χ2n) is 3.87. The molecule has 1 fully saturated rings. The highest BCUT2D eigenvalue weighted by molar-refractivity contribution is 7.99. The van der Waals surface area contributed by atoms with Gasteiger partial charge >= 0.3 is 0 Å². The van der Waals surface area contributed by atoms with Gasteiger partial charge < -0.3 is 10.2 Å². The van der Waals surface area contributed by atoms with Gasteiger partial charge in [-0.3, -0.25) is 4.79 Å². The first-order chi connectivity index (χ1) is 7.17. The minimum Gasteiger partial charge on any atom is -0.338 e. The van der Waals surface area contributed by atoms with Gasteiger partial charge in [0.25, 0.3) is 0 Å². The third-order valence-corrected chi connectivity index (χ3v) is 3.57. The van der Waals surface area contributed by atoms with Gasteiger partial charge in [0.1, 0.15) is 0 Å². The minimum absolute atomic E-state index is 0.0540. The van der Waals surface area contributed by atoms with E-state index in [-0.39, 0.29) is 5.91 Å². The van der Waals surface area contributed by atoms with Crippen molar-refractivity contribution in [1.29, 1.82) is 0 Å². The first-order valence-corrected chi connectivity index (χ1v) is 6.66. The molecular formula is C11H20N2OS. The SMILES string of the molecule is C=CC(=O)N1CCC[C@@H](NC(C)SC)C1. The molecule has 0 bridgehead atoms. The normalized spacial score (nSPS) is 23.6. The summed E-state index contributed by atoms with van der Waals surface area (Å²) in [6.45, 7) is 7.36. The zero-order valence-corrected chi connectivity index (χ0v) is 10.3. The van der Waals surface area contributed by atoms with Crippen LogP contribution in [0.5, 0.6) is 0 Å². The van der Waals surface area contributed by atoms with Gasteiger partial charge in [0.05, 0.1) is 5.37 Å². The lowest BCUT2D eigenvalue weighted by Crippen LogP contribution is -2.49. The van der Waals surface area contributed by atoms with Crippen molar-refractivity contribution in [2.24, 2.45) is 0 Å². The van der Waals surface area contributed by atoms with Crippen molar-refractivity contribution < 1.29 is 4.79 Å². The third kappa shape index (κ3) is 3.87. The van der Waals surface area contributed by atoms with Gasteiger partial charge in [-0.2, -0.15) is 0 Å². The van der Waals surface area contributed by atoms with Crippen molar-refractivity contribution in [3.05, 3.63) is 12.7 Å². The number of likely N-dealkylation sites (tertiary alicyclic amines) is 1. The summed E-state index contributed by atoms with van der Waals surface area (Å²) in [4.78, 5) is 13.3. The molecule has 0 aromatic rings. The Balaban J connectivity index is 2.41. The maximum Gasteiger partial charge on any atom is 0.246 e. The summed E-state index contributed by atoms with van der Waals surface area (Å²) in [6.07, 6.45) is 5.73. The van der Waals surface area contributed by atoms with Crippen LogP contribution in [0.25, 0.3) is 0 Å². The van der Waals surface area contributed by atoms with Gasteiger partial charge in [0.15, 0.2) is 0 Å².